The van der Waals surface area contributed by atoms with Gasteiger partial charge in [0.2, 0.25) is 5.89 Å². The molecule has 0 aliphatic carbocycles. The minimum absolute atomic E-state index is 0. The number of aromatic nitrogens is 4. The van der Waals surface area contributed by atoms with E-state index in [2.05, 4.69) is 20.2 Å². The van der Waals surface area contributed by atoms with Crippen LogP contribution in [0, 0.1) is 6.92 Å². The highest BCUT2D eigenvalue weighted by molar-refractivity contribution is 7.92. The topological polar surface area (TPSA) is 125 Å². The van der Waals surface area contributed by atoms with E-state index < -0.39 is 15.1 Å². The number of sulfone groups is 1. The summed E-state index contributed by atoms with van der Waals surface area (Å²) in [5.41, 5.74) is 9.86. The lowest BCUT2D eigenvalue weighted by atomic mass is 10.1. The number of nitrogens with two attached hydrogens (primary N) is 1. The fraction of sp³-hybridized carbons (Fsp3) is 0.217. The van der Waals surface area contributed by atoms with Crippen LogP contribution in [-0.4, -0.2) is 33.8 Å². The summed E-state index contributed by atoms with van der Waals surface area (Å²) in [6.45, 7) is 5.54. The van der Waals surface area contributed by atoms with Gasteiger partial charge in [-0.25, -0.2) is 13.4 Å². The van der Waals surface area contributed by atoms with Crippen molar-refractivity contribution in [1.29, 1.82) is 0 Å². The van der Waals surface area contributed by atoms with Crippen molar-refractivity contribution in [3.8, 4) is 34.3 Å². The third-order valence-electron chi connectivity index (χ3n) is 5.09. The molecule has 0 spiro atoms. The molecule has 0 atom stereocenters. The zero-order chi connectivity index (χ0) is 22.9. The number of rotatable bonds is 6. The van der Waals surface area contributed by atoms with Crippen molar-refractivity contribution in [2.24, 2.45) is 5.73 Å². The summed E-state index contributed by atoms with van der Waals surface area (Å²) in [6.07, 6.45) is 1.63. The van der Waals surface area contributed by atoms with Gasteiger partial charge >= 0.3 is 0 Å². The second kappa shape index (κ2) is 8.60. The molecule has 0 aliphatic heterocycles. The largest absolute Gasteiger partial charge is 0.415 e. The molecule has 0 saturated heterocycles. The van der Waals surface area contributed by atoms with E-state index in [9.17, 15) is 8.42 Å². The highest BCUT2D eigenvalue weighted by Crippen LogP contribution is 2.28. The Bertz CT molecular complexity index is 1380. The summed E-state index contributed by atoms with van der Waals surface area (Å²) in [5, 5.41) is 7.81. The van der Waals surface area contributed by atoms with Crippen molar-refractivity contribution in [2.75, 3.05) is 0 Å². The molecule has 0 unspecified atom stereocenters. The monoisotopic (exact) mass is 455 g/mol. The van der Waals surface area contributed by atoms with Crippen LogP contribution in [0.15, 0.2) is 64.0 Å². The van der Waals surface area contributed by atoms with Gasteiger partial charge in [-0.05, 0) is 50.6 Å². The number of benzene rings is 2. The van der Waals surface area contributed by atoms with E-state index >= 15 is 0 Å². The standard InChI is InChI=1S/C23H23N5O3S.3H2/c1-14(2)32(29,30)19-9-7-17(8-10-19)20-13-25-15(3)21(26-20)23-28-27-22(31-23)18-6-4-5-16(11-18)12-24;;;/h4-11,13-14H,12,24H2,1-3H3;3*1H. The Morgan fingerprint density at radius 2 is 1.75 bits per heavy atom. The highest BCUT2D eigenvalue weighted by atomic mass is 32.2. The molecule has 0 radical (unpaired) electrons. The van der Waals surface area contributed by atoms with Crippen molar-refractivity contribution in [3.63, 3.8) is 0 Å². The molecule has 170 valence electrons. The third kappa shape index (κ3) is 4.17. The van der Waals surface area contributed by atoms with Gasteiger partial charge in [0, 0.05) is 22.0 Å². The minimum Gasteiger partial charge on any atom is -0.415 e. The van der Waals surface area contributed by atoms with Gasteiger partial charge < -0.3 is 10.2 Å². The Hall–Kier alpha value is -3.43. The maximum Gasteiger partial charge on any atom is 0.268 e. The van der Waals surface area contributed by atoms with Gasteiger partial charge in [-0.2, -0.15) is 0 Å². The molecule has 2 aromatic carbocycles. The lowest BCUT2D eigenvalue weighted by Crippen LogP contribution is -2.13. The van der Waals surface area contributed by atoms with E-state index in [1.807, 2.05) is 31.2 Å². The number of hydrogen-bond donors (Lipinski definition) is 1. The third-order valence-corrected chi connectivity index (χ3v) is 7.26. The van der Waals surface area contributed by atoms with Gasteiger partial charge in [-0.15, -0.1) is 10.2 Å². The molecule has 0 fully saturated rings. The lowest BCUT2D eigenvalue weighted by molar-refractivity contribution is 0.581. The zero-order valence-corrected chi connectivity index (χ0v) is 18.8. The molecule has 4 aromatic rings. The summed E-state index contributed by atoms with van der Waals surface area (Å²) < 4.78 is 30.6. The van der Waals surface area contributed by atoms with Gasteiger partial charge in [0.1, 0.15) is 5.69 Å². The predicted molar refractivity (Wildman–Crippen MR) is 127 cm³/mol. The quantitative estimate of drug-likeness (QED) is 0.449. The van der Waals surface area contributed by atoms with Crippen LogP contribution in [0.3, 0.4) is 0 Å². The van der Waals surface area contributed by atoms with Crippen molar-refractivity contribution in [2.45, 2.75) is 37.5 Å². The van der Waals surface area contributed by atoms with Crippen LogP contribution >= 0.6 is 0 Å². The van der Waals surface area contributed by atoms with Gasteiger partial charge in [-0.1, -0.05) is 24.3 Å². The summed E-state index contributed by atoms with van der Waals surface area (Å²) >= 11 is 0. The molecular formula is C23H29N5O3S. The first-order chi connectivity index (χ1) is 15.3. The van der Waals surface area contributed by atoms with Gasteiger partial charge in [0.25, 0.3) is 5.89 Å². The maximum absolute atomic E-state index is 12.4. The summed E-state index contributed by atoms with van der Waals surface area (Å²) in [5.74, 6) is 0.620. The van der Waals surface area contributed by atoms with Crippen molar-refractivity contribution in [3.05, 3.63) is 66.0 Å². The molecule has 0 amide bonds. The van der Waals surface area contributed by atoms with Crippen LogP contribution < -0.4 is 5.73 Å². The van der Waals surface area contributed by atoms with Gasteiger partial charge in [0.15, 0.2) is 9.84 Å². The molecular weight excluding hydrogens is 426 g/mol. The second-order valence-corrected chi connectivity index (χ2v) is 10.1. The first-order valence-electron chi connectivity index (χ1n) is 10.1. The Morgan fingerprint density at radius 1 is 1.03 bits per heavy atom. The molecule has 2 heterocycles. The average molecular weight is 456 g/mol. The fourth-order valence-electron chi connectivity index (χ4n) is 3.15. The van der Waals surface area contributed by atoms with E-state index in [0.717, 1.165) is 16.7 Å². The Labute approximate surface area is 190 Å². The van der Waals surface area contributed by atoms with Crippen LogP contribution in [0.2, 0.25) is 0 Å². The first kappa shape index (κ1) is 21.8. The normalized spacial score (nSPS) is 11.8. The van der Waals surface area contributed by atoms with E-state index in [1.165, 1.54) is 0 Å². The number of aryl methyl sites for hydroxylation is 1. The first-order valence-corrected chi connectivity index (χ1v) is 11.7. The summed E-state index contributed by atoms with van der Waals surface area (Å²) in [4.78, 5) is 9.34. The Morgan fingerprint density at radius 3 is 2.44 bits per heavy atom. The van der Waals surface area contributed by atoms with Crippen LogP contribution in [0.25, 0.3) is 34.3 Å². The smallest absolute Gasteiger partial charge is 0.268 e. The van der Waals surface area contributed by atoms with Crippen LogP contribution in [0.1, 0.15) is 29.4 Å². The van der Waals surface area contributed by atoms with Crippen molar-refractivity contribution < 1.29 is 17.1 Å². The Kier molecular flexibility index (Phi) is 5.86. The Balaban J connectivity index is 0.00000204. The second-order valence-electron chi connectivity index (χ2n) is 7.62. The molecule has 0 bridgehead atoms. The van der Waals surface area contributed by atoms with Crippen LogP contribution in [0.5, 0.6) is 0 Å². The van der Waals surface area contributed by atoms with Gasteiger partial charge in [-0.3, -0.25) is 4.98 Å². The predicted octanol–water partition coefficient (Wildman–Crippen LogP) is 4.55. The van der Waals surface area contributed by atoms with E-state index in [-0.39, 0.29) is 15.1 Å². The molecule has 2 aromatic heterocycles. The SMILES string of the molecule is Cc1ncc(-c2ccc(S(=O)(=O)C(C)C)cc2)nc1-c1nnc(-c2cccc(CN)c2)o1.[HH].[HH].[HH]. The molecule has 32 heavy (non-hydrogen) atoms. The minimum atomic E-state index is -3.34. The van der Waals surface area contributed by atoms with E-state index in [0.29, 0.717) is 29.5 Å². The number of nitrogens with zero attached hydrogens (tertiary/aromatic N) is 4. The molecule has 0 aliphatic rings. The van der Waals surface area contributed by atoms with Crippen molar-refractivity contribution >= 4 is 9.84 Å². The van der Waals surface area contributed by atoms with Gasteiger partial charge in [0.05, 0.1) is 27.7 Å². The van der Waals surface area contributed by atoms with Crippen molar-refractivity contribution in [1.82, 2.24) is 20.2 Å². The summed E-state index contributed by atoms with van der Waals surface area (Å²) in [6, 6.07) is 14.2. The number of hydrogen-bond acceptors (Lipinski definition) is 8. The highest BCUT2D eigenvalue weighted by Gasteiger charge is 2.20. The summed E-state index contributed by atoms with van der Waals surface area (Å²) in [7, 11) is -3.34. The molecule has 9 heteroatoms. The average Bonchev–Trinajstić information content (AvgIpc) is 3.29. The van der Waals surface area contributed by atoms with Crippen LogP contribution in [-0.2, 0) is 16.4 Å². The fourth-order valence-corrected chi connectivity index (χ4v) is 4.21. The van der Waals surface area contributed by atoms with Crippen LogP contribution in [0.4, 0.5) is 0 Å². The molecule has 0 saturated carbocycles. The van der Waals surface area contributed by atoms with E-state index in [4.69, 9.17) is 10.2 Å². The molecule has 8 nitrogen and oxygen atoms in total. The van der Waals surface area contributed by atoms with E-state index in [1.54, 1.807) is 44.3 Å². The zero-order valence-electron chi connectivity index (χ0n) is 18.0. The lowest BCUT2D eigenvalue weighted by Gasteiger charge is -2.09. The maximum atomic E-state index is 12.4. The molecule has 2 N–H and O–H groups in total. The molecule has 4 rings (SSSR count).